The van der Waals surface area contributed by atoms with Crippen molar-refractivity contribution in [3.63, 3.8) is 0 Å². The molecule has 0 bridgehead atoms. The van der Waals surface area contributed by atoms with Gasteiger partial charge in [-0.3, -0.25) is 0 Å². The highest BCUT2D eigenvalue weighted by Crippen LogP contribution is 2.34. The van der Waals surface area contributed by atoms with Gasteiger partial charge in [0.25, 0.3) is 0 Å². The molecule has 0 aromatic heterocycles. The van der Waals surface area contributed by atoms with E-state index in [1.165, 1.54) is 5.57 Å². The van der Waals surface area contributed by atoms with Crippen molar-refractivity contribution in [1.82, 2.24) is 0 Å². The van der Waals surface area contributed by atoms with Crippen LogP contribution < -0.4 is 4.90 Å². The average molecular weight is 354 g/mol. The van der Waals surface area contributed by atoms with Crippen LogP contribution in [-0.2, 0) is 0 Å². The van der Waals surface area contributed by atoms with Crippen molar-refractivity contribution in [2.75, 3.05) is 11.4 Å². The molecule has 0 amide bonds. The normalized spacial score (nSPS) is 17.3. The van der Waals surface area contributed by atoms with E-state index >= 15 is 0 Å². The van der Waals surface area contributed by atoms with E-state index < -0.39 is 0 Å². The Balaban J connectivity index is 0.000000765. The molecule has 2 rings (SSSR count). The molecule has 0 saturated carbocycles. The van der Waals surface area contributed by atoms with Gasteiger partial charge in [0.15, 0.2) is 0 Å². The number of nitrogens with zero attached hydrogens (tertiary/aromatic N) is 1. The van der Waals surface area contributed by atoms with E-state index in [1.807, 2.05) is 51.1 Å². The maximum atomic E-state index is 14.5. The van der Waals surface area contributed by atoms with Crippen LogP contribution in [0, 0.1) is 11.7 Å². The van der Waals surface area contributed by atoms with Crippen molar-refractivity contribution in [3.8, 4) is 0 Å². The second-order valence-corrected chi connectivity index (χ2v) is 6.88. The van der Waals surface area contributed by atoms with Gasteiger partial charge in [0, 0.05) is 23.5 Å². The second kappa shape index (κ2) is 10.6. The van der Waals surface area contributed by atoms with Crippen molar-refractivity contribution in [2.45, 2.75) is 40.5 Å². The van der Waals surface area contributed by atoms with Crippen molar-refractivity contribution < 1.29 is 4.39 Å². The van der Waals surface area contributed by atoms with Gasteiger partial charge in [-0.1, -0.05) is 56.4 Å². The minimum Gasteiger partial charge on any atom is -0.345 e. The Hall–Kier alpha value is -2.35. The SMILES string of the molecule is C=C(C)C.C=C/C=C(\C=C/C)c1ccc(N2CC(CC)CC2=C)cc1F. The maximum absolute atomic E-state index is 14.5. The van der Waals surface area contributed by atoms with Crippen LogP contribution in [0.3, 0.4) is 0 Å². The highest BCUT2D eigenvalue weighted by Gasteiger charge is 2.25. The fraction of sp³-hybridized carbons (Fsp3) is 0.333. The summed E-state index contributed by atoms with van der Waals surface area (Å²) in [7, 11) is 0. The zero-order valence-corrected chi connectivity index (χ0v) is 16.7. The van der Waals surface area contributed by atoms with Gasteiger partial charge < -0.3 is 4.90 Å². The molecular weight excluding hydrogens is 321 g/mol. The standard InChI is InChI=1S/C20H24FN.C4H8/c1-5-8-17(9-6-2)19-11-10-18(13-20(19)21)22-14-16(7-3)12-15(22)4;1-4(2)3/h5-6,8-11,13,16H,1,4,7,12,14H2,2-3H3;1H2,2-3H3/b9-6-,17-8+;. The lowest BCUT2D eigenvalue weighted by Crippen LogP contribution is -2.18. The third kappa shape index (κ3) is 6.18. The van der Waals surface area contributed by atoms with Crippen LogP contribution in [0.2, 0.25) is 0 Å². The quantitative estimate of drug-likeness (QED) is 0.396. The van der Waals surface area contributed by atoms with Crippen LogP contribution in [0.25, 0.3) is 5.57 Å². The molecule has 1 heterocycles. The number of hydrogen-bond donors (Lipinski definition) is 0. The van der Waals surface area contributed by atoms with Gasteiger partial charge in [-0.25, -0.2) is 4.39 Å². The zero-order chi connectivity index (χ0) is 19.7. The average Bonchev–Trinajstić information content (AvgIpc) is 2.95. The summed E-state index contributed by atoms with van der Waals surface area (Å²) in [4.78, 5) is 2.13. The Morgan fingerprint density at radius 3 is 2.46 bits per heavy atom. The van der Waals surface area contributed by atoms with Crippen LogP contribution >= 0.6 is 0 Å². The maximum Gasteiger partial charge on any atom is 0.133 e. The molecule has 1 unspecified atom stereocenters. The highest BCUT2D eigenvalue weighted by atomic mass is 19.1. The number of halogens is 1. The fourth-order valence-electron chi connectivity index (χ4n) is 2.90. The van der Waals surface area contributed by atoms with E-state index in [0.717, 1.165) is 36.3 Å². The van der Waals surface area contributed by atoms with Gasteiger partial charge in [0.05, 0.1) is 0 Å². The number of allylic oxidation sites excluding steroid dienone is 7. The number of rotatable bonds is 5. The molecule has 1 aromatic carbocycles. The van der Waals surface area contributed by atoms with E-state index in [9.17, 15) is 4.39 Å². The summed E-state index contributed by atoms with van der Waals surface area (Å²) in [5.74, 6) is 0.408. The van der Waals surface area contributed by atoms with Crippen molar-refractivity contribution >= 4 is 11.3 Å². The first-order valence-corrected chi connectivity index (χ1v) is 9.16. The number of anilines is 1. The van der Waals surface area contributed by atoms with Crippen molar-refractivity contribution in [3.05, 3.63) is 84.9 Å². The van der Waals surface area contributed by atoms with Gasteiger partial charge in [-0.05, 0) is 56.9 Å². The lowest BCUT2D eigenvalue weighted by Gasteiger charge is -2.20. The summed E-state index contributed by atoms with van der Waals surface area (Å²) < 4.78 is 14.5. The Labute approximate surface area is 158 Å². The molecule has 1 aliphatic rings. The second-order valence-electron chi connectivity index (χ2n) is 6.88. The predicted molar refractivity (Wildman–Crippen MR) is 115 cm³/mol. The third-order valence-corrected chi connectivity index (χ3v) is 4.14. The van der Waals surface area contributed by atoms with Gasteiger partial charge in [-0.15, -0.1) is 6.58 Å². The molecule has 1 aromatic rings. The van der Waals surface area contributed by atoms with Gasteiger partial charge in [-0.2, -0.15) is 0 Å². The summed E-state index contributed by atoms with van der Waals surface area (Å²) in [6.45, 7) is 20.4. The third-order valence-electron chi connectivity index (χ3n) is 4.14. The van der Waals surface area contributed by atoms with Crippen molar-refractivity contribution in [2.24, 2.45) is 5.92 Å². The van der Waals surface area contributed by atoms with Gasteiger partial charge >= 0.3 is 0 Å². The van der Waals surface area contributed by atoms with Gasteiger partial charge in [0.1, 0.15) is 5.82 Å². The minimum atomic E-state index is -0.212. The summed E-state index contributed by atoms with van der Waals surface area (Å²) >= 11 is 0. The van der Waals surface area contributed by atoms with Gasteiger partial charge in [0.2, 0.25) is 0 Å². The first-order chi connectivity index (χ1) is 12.3. The monoisotopic (exact) mass is 353 g/mol. The minimum absolute atomic E-state index is 0.212. The Morgan fingerprint density at radius 2 is 2.00 bits per heavy atom. The Kier molecular flexibility index (Phi) is 8.84. The molecule has 1 fully saturated rings. The molecule has 26 heavy (non-hydrogen) atoms. The van der Waals surface area contributed by atoms with Crippen LogP contribution in [0.4, 0.5) is 10.1 Å². The molecule has 0 radical (unpaired) electrons. The van der Waals surface area contributed by atoms with E-state index in [-0.39, 0.29) is 5.82 Å². The summed E-state index contributed by atoms with van der Waals surface area (Å²) in [5.41, 5.74) is 4.56. The number of hydrogen-bond acceptors (Lipinski definition) is 1. The first kappa shape index (κ1) is 21.7. The molecule has 0 N–H and O–H groups in total. The van der Waals surface area contributed by atoms with E-state index in [4.69, 9.17) is 0 Å². The summed E-state index contributed by atoms with van der Waals surface area (Å²) in [6.07, 6.45) is 9.42. The molecule has 0 spiro atoms. The molecule has 2 heteroatoms. The lowest BCUT2D eigenvalue weighted by atomic mass is 10.0. The topological polar surface area (TPSA) is 3.24 Å². The van der Waals surface area contributed by atoms with E-state index in [0.29, 0.717) is 11.5 Å². The summed E-state index contributed by atoms with van der Waals surface area (Å²) in [6, 6.07) is 5.42. The predicted octanol–water partition coefficient (Wildman–Crippen LogP) is 7.30. The van der Waals surface area contributed by atoms with Crippen LogP contribution in [0.1, 0.15) is 46.1 Å². The smallest absolute Gasteiger partial charge is 0.133 e. The van der Waals surface area contributed by atoms with Crippen LogP contribution in [0.5, 0.6) is 0 Å². The molecular formula is C24H32FN. The molecule has 1 nitrogen and oxygen atoms in total. The fourth-order valence-corrected chi connectivity index (χ4v) is 2.90. The Morgan fingerprint density at radius 1 is 1.35 bits per heavy atom. The lowest BCUT2D eigenvalue weighted by molar-refractivity contribution is 0.575. The molecule has 1 atom stereocenters. The molecule has 1 aliphatic heterocycles. The van der Waals surface area contributed by atoms with E-state index in [2.05, 4.69) is 31.6 Å². The molecule has 140 valence electrons. The van der Waals surface area contributed by atoms with Crippen molar-refractivity contribution in [1.29, 1.82) is 0 Å². The summed E-state index contributed by atoms with van der Waals surface area (Å²) in [5, 5.41) is 0. The zero-order valence-electron chi connectivity index (χ0n) is 16.7. The highest BCUT2D eigenvalue weighted by molar-refractivity contribution is 5.76. The Bertz CT molecular complexity index is 705. The molecule has 0 aliphatic carbocycles. The first-order valence-electron chi connectivity index (χ1n) is 9.16. The van der Waals surface area contributed by atoms with Crippen LogP contribution in [0.15, 0.2) is 73.5 Å². The molecule has 1 saturated heterocycles. The number of benzene rings is 1. The largest absolute Gasteiger partial charge is 0.345 e. The van der Waals surface area contributed by atoms with E-state index in [1.54, 1.807) is 12.1 Å². The van der Waals surface area contributed by atoms with Crippen LogP contribution in [-0.4, -0.2) is 6.54 Å².